The van der Waals surface area contributed by atoms with Crippen LogP contribution in [0.2, 0.25) is 0 Å². The molecule has 5 heteroatoms. The van der Waals surface area contributed by atoms with Crippen LogP contribution in [0.15, 0.2) is 18.3 Å². The summed E-state index contributed by atoms with van der Waals surface area (Å²) in [5, 5.41) is 2.92. The molecule has 1 aromatic rings. The van der Waals surface area contributed by atoms with Gasteiger partial charge in [-0.15, -0.1) is 0 Å². The second-order valence-electron chi connectivity index (χ2n) is 2.69. The molecular formula is C9H12F2N2O. The maximum absolute atomic E-state index is 11.7. The van der Waals surface area contributed by atoms with Gasteiger partial charge in [0.2, 0.25) is 0 Å². The lowest BCUT2D eigenvalue weighted by Crippen LogP contribution is -2.05. The standard InChI is InChI=1S/C9H12F2N2O/c1-12-7-2-3-13-8(4-7)5-14-6-9(10)11/h2-4,9H,5-6H2,1H3,(H,12,13). The Morgan fingerprint density at radius 2 is 2.36 bits per heavy atom. The molecule has 0 amide bonds. The van der Waals surface area contributed by atoms with E-state index in [0.29, 0.717) is 5.69 Å². The predicted molar refractivity (Wildman–Crippen MR) is 49.4 cm³/mol. The number of nitrogens with one attached hydrogen (secondary N) is 1. The van der Waals surface area contributed by atoms with E-state index in [-0.39, 0.29) is 6.61 Å². The summed E-state index contributed by atoms with van der Waals surface area (Å²) in [6.45, 7) is -0.439. The normalized spacial score (nSPS) is 10.6. The minimum atomic E-state index is -2.43. The number of alkyl halides is 2. The quantitative estimate of drug-likeness (QED) is 0.791. The zero-order valence-electron chi connectivity index (χ0n) is 7.84. The summed E-state index contributed by atoms with van der Waals surface area (Å²) in [6, 6.07) is 3.54. The molecule has 0 unspecified atom stereocenters. The molecule has 0 atom stereocenters. The molecule has 1 N–H and O–H groups in total. The van der Waals surface area contributed by atoms with Gasteiger partial charge in [0.15, 0.2) is 0 Å². The van der Waals surface area contributed by atoms with Crippen LogP contribution in [0.1, 0.15) is 5.69 Å². The summed E-state index contributed by atoms with van der Waals surface area (Å²) in [6.07, 6.45) is -0.824. The lowest BCUT2D eigenvalue weighted by atomic mass is 10.3. The summed E-state index contributed by atoms with van der Waals surface area (Å²) in [5.74, 6) is 0. The molecule has 14 heavy (non-hydrogen) atoms. The van der Waals surface area contributed by atoms with E-state index in [1.165, 1.54) is 0 Å². The number of halogens is 2. The van der Waals surface area contributed by atoms with Crippen molar-refractivity contribution >= 4 is 5.69 Å². The fourth-order valence-electron chi connectivity index (χ4n) is 0.965. The Morgan fingerprint density at radius 1 is 1.57 bits per heavy atom. The lowest BCUT2D eigenvalue weighted by molar-refractivity contribution is 0.00885. The number of hydrogen-bond donors (Lipinski definition) is 1. The number of ether oxygens (including phenoxy) is 1. The van der Waals surface area contributed by atoms with Crippen molar-refractivity contribution in [3.8, 4) is 0 Å². The molecule has 0 aromatic carbocycles. The summed E-state index contributed by atoms with van der Waals surface area (Å²) >= 11 is 0. The average molecular weight is 202 g/mol. The number of nitrogens with zero attached hydrogens (tertiary/aromatic N) is 1. The first kappa shape index (κ1) is 10.8. The molecule has 78 valence electrons. The molecule has 0 saturated heterocycles. The van der Waals surface area contributed by atoms with Gasteiger partial charge in [-0.1, -0.05) is 0 Å². The maximum Gasteiger partial charge on any atom is 0.261 e. The van der Waals surface area contributed by atoms with E-state index in [4.69, 9.17) is 4.74 Å². The molecule has 1 aromatic heterocycles. The highest BCUT2D eigenvalue weighted by atomic mass is 19.3. The Balaban J connectivity index is 2.42. The Kier molecular flexibility index (Phi) is 4.25. The number of hydrogen-bond acceptors (Lipinski definition) is 3. The molecule has 0 radical (unpaired) electrons. The number of aromatic nitrogens is 1. The lowest BCUT2D eigenvalue weighted by Gasteiger charge is -2.04. The fraction of sp³-hybridized carbons (Fsp3) is 0.444. The molecule has 3 nitrogen and oxygen atoms in total. The van der Waals surface area contributed by atoms with E-state index >= 15 is 0 Å². The van der Waals surface area contributed by atoms with Gasteiger partial charge in [-0.3, -0.25) is 4.98 Å². The van der Waals surface area contributed by atoms with Crippen LogP contribution in [-0.2, 0) is 11.3 Å². The monoisotopic (exact) mass is 202 g/mol. The Morgan fingerprint density at radius 3 is 3.00 bits per heavy atom. The zero-order chi connectivity index (χ0) is 10.4. The van der Waals surface area contributed by atoms with E-state index in [1.807, 2.05) is 0 Å². The predicted octanol–water partition coefficient (Wildman–Crippen LogP) is 1.91. The molecule has 0 fully saturated rings. The summed E-state index contributed by atoms with van der Waals surface area (Å²) in [7, 11) is 1.78. The minimum absolute atomic E-state index is 0.111. The van der Waals surface area contributed by atoms with Gasteiger partial charge < -0.3 is 10.1 Å². The van der Waals surface area contributed by atoms with Crippen LogP contribution in [0.3, 0.4) is 0 Å². The third-order valence-corrected chi connectivity index (χ3v) is 1.60. The number of rotatable bonds is 5. The third-order valence-electron chi connectivity index (χ3n) is 1.60. The third kappa shape index (κ3) is 3.66. The van der Waals surface area contributed by atoms with Crippen molar-refractivity contribution in [3.63, 3.8) is 0 Å². The molecule has 0 aliphatic carbocycles. The second-order valence-corrected chi connectivity index (χ2v) is 2.69. The highest BCUT2D eigenvalue weighted by Crippen LogP contribution is 2.07. The molecule has 0 spiro atoms. The number of anilines is 1. The first-order valence-electron chi connectivity index (χ1n) is 4.21. The van der Waals surface area contributed by atoms with Crippen molar-refractivity contribution in [2.75, 3.05) is 19.0 Å². The van der Waals surface area contributed by atoms with Gasteiger partial charge in [-0.25, -0.2) is 8.78 Å². The van der Waals surface area contributed by atoms with Crippen molar-refractivity contribution in [1.82, 2.24) is 4.98 Å². The van der Waals surface area contributed by atoms with Crippen molar-refractivity contribution in [1.29, 1.82) is 0 Å². The van der Waals surface area contributed by atoms with E-state index in [9.17, 15) is 8.78 Å². The summed E-state index contributed by atoms with van der Waals surface area (Å²) in [4.78, 5) is 3.97. The molecule has 0 bridgehead atoms. The fourth-order valence-corrected chi connectivity index (χ4v) is 0.965. The van der Waals surface area contributed by atoms with Gasteiger partial charge in [-0.05, 0) is 12.1 Å². The van der Waals surface area contributed by atoms with E-state index < -0.39 is 13.0 Å². The van der Waals surface area contributed by atoms with Crippen LogP contribution in [-0.4, -0.2) is 25.1 Å². The first-order valence-corrected chi connectivity index (χ1v) is 4.21. The highest BCUT2D eigenvalue weighted by Gasteiger charge is 2.02. The molecular weight excluding hydrogens is 190 g/mol. The van der Waals surface area contributed by atoms with Crippen LogP contribution in [0.25, 0.3) is 0 Å². The SMILES string of the molecule is CNc1ccnc(COCC(F)F)c1. The topological polar surface area (TPSA) is 34.2 Å². The Hall–Kier alpha value is -1.23. The minimum Gasteiger partial charge on any atom is -0.388 e. The van der Waals surface area contributed by atoms with Gasteiger partial charge in [0, 0.05) is 18.9 Å². The van der Waals surface area contributed by atoms with Crippen molar-refractivity contribution in [2.45, 2.75) is 13.0 Å². The van der Waals surface area contributed by atoms with Gasteiger partial charge in [-0.2, -0.15) is 0 Å². The smallest absolute Gasteiger partial charge is 0.261 e. The van der Waals surface area contributed by atoms with Crippen LogP contribution in [0.5, 0.6) is 0 Å². The molecule has 0 saturated carbocycles. The van der Waals surface area contributed by atoms with Gasteiger partial charge >= 0.3 is 0 Å². The second kappa shape index (κ2) is 5.49. The first-order chi connectivity index (χ1) is 6.72. The molecule has 0 aliphatic rings. The van der Waals surface area contributed by atoms with Gasteiger partial charge in [0.1, 0.15) is 6.61 Å². The average Bonchev–Trinajstić information content (AvgIpc) is 2.18. The zero-order valence-corrected chi connectivity index (χ0v) is 7.84. The highest BCUT2D eigenvalue weighted by molar-refractivity contribution is 5.42. The van der Waals surface area contributed by atoms with E-state index in [0.717, 1.165) is 5.69 Å². The van der Waals surface area contributed by atoms with Gasteiger partial charge in [0.25, 0.3) is 6.43 Å². The van der Waals surface area contributed by atoms with Crippen molar-refractivity contribution in [3.05, 3.63) is 24.0 Å². The van der Waals surface area contributed by atoms with Crippen molar-refractivity contribution in [2.24, 2.45) is 0 Å². The van der Waals surface area contributed by atoms with Crippen molar-refractivity contribution < 1.29 is 13.5 Å². The van der Waals surface area contributed by atoms with Crippen LogP contribution in [0.4, 0.5) is 14.5 Å². The number of pyridine rings is 1. The van der Waals surface area contributed by atoms with Crippen LogP contribution >= 0.6 is 0 Å². The van der Waals surface area contributed by atoms with E-state index in [1.54, 1.807) is 25.4 Å². The maximum atomic E-state index is 11.7. The summed E-state index contributed by atoms with van der Waals surface area (Å²) < 4.78 is 28.2. The van der Waals surface area contributed by atoms with Crippen LogP contribution < -0.4 is 5.32 Å². The van der Waals surface area contributed by atoms with E-state index in [2.05, 4.69) is 10.3 Å². The Labute approximate surface area is 81.1 Å². The Bertz CT molecular complexity index is 281. The largest absolute Gasteiger partial charge is 0.388 e. The van der Waals surface area contributed by atoms with Gasteiger partial charge in [0.05, 0.1) is 12.3 Å². The van der Waals surface area contributed by atoms with Crippen LogP contribution in [0, 0.1) is 0 Å². The molecule has 0 aliphatic heterocycles. The summed E-state index contributed by atoms with van der Waals surface area (Å²) in [5.41, 5.74) is 1.52. The molecule has 1 heterocycles. The molecule has 1 rings (SSSR count).